The summed E-state index contributed by atoms with van der Waals surface area (Å²) in [6.45, 7) is 6.27. The lowest BCUT2D eigenvalue weighted by atomic mass is 9.43. The molecular formula is C29H44O9. The van der Waals surface area contributed by atoms with Crippen molar-refractivity contribution in [2.75, 3.05) is 6.61 Å². The van der Waals surface area contributed by atoms with Crippen LogP contribution in [-0.4, -0.2) is 86.6 Å². The van der Waals surface area contributed by atoms with Crippen molar-refractivity contribution in [1.29, 1.82) is 0 Å². The molecule has 38 heavy (non-hydrogen) atoms. The van der Waals surface area contributed by atoms with Gasteiger partial charge in [-0.2, -0.15) is 0 Å². The second-order valence-corrected chi connectivity index (χ2v) is 13.7. The Morgan fingerprint density at radius 1 is 1.00 bits per heavy atom. The molecule has 13 unspecified atom stereocenters. The smallest absolute Gasteiger partial charge is 0.331 e. The number of aliphatic hydroxyl groups excluding tert-OH is 4. The van der Waals surface area contributed by atoms with Crippen LogP contribution in [0.1, 0.15) is 72.1 Å². The van der Waals surface area contributed by atoms with Gasteiger partial charge in [0.2, 0.25) is 0 Å². The summed E-state index contributed by atoms with van der Waals surface area (Å²) in [7, 11) is 0. The highest BCUT2D eigenvalue weighted by atomic mass is 16.7. The first-order chi connectivity index (χ1) is 17.9. The van der Waals surface area contributed by atoms with Crippen molar-refractivity contribution >= 4 is 5.97 Å². The van der Waals surface area contributed by atoms with Gasteiger partial charge in [-0.3, -0.25) is 0 Å². The van der Waals surface area contributed by atoms with E-state index >= 15 is 0 Å². The molecule has 4 saturated carbocycles. The monoisotopic (exact) mass is 536 g/mol. The van der Waals surface area contributed by atoms with Crippen LogP contribution in [0.5, 0.6) is 0 Å². The van der Waals surface area contributed by atoms with Crippen LogP contribution in [0.25, 0.3) is 0 Å². The molecule has 0 aromatic carbocycles. The van der Waals surface area contributed by atoms with Crippen LogP contribution in [-0.2, 0) is 19.0 Å². The van der Waals surface area contributed by atoms with E-state index in [2.05, 4.69) is 13.8 Å². The Bertz CT molecular complexity index is 985. The van der Waals surface area contributed by atoms with Gasteiger partial charge in [-0.1, -0.05) is 13.8 Å². The maximum atomic E-state index is 12.4. The summed E-state index contributed by atoms with van der Waals surface area (Å²) in [6, 6.07) is 0. The van der Waals surface area contributed by atoms with Gasteiger partial charge in [0.05, 0.1) is 23.9 Å². The molecule has 2 heterocycles. The van der Waals surface area contributed by atoms with E-state index < -0.39 is 47.8 Å². The van der Waals surface area contributed by atoms with Crippen LogP contribution < -0.4 is 0 Å². The molecule has 0 bridgehead atoms. The third-order valence-corrected chi connectivity index (χ3v) is 12.0. The molecule has 6 rings (SSSR count). The lowest BCUT2D eigenvalue weighted by Gasteiger charge is -2.63. The normalized spacial score (nSPS) is 56.5. The zero-order chi connectivity index (χ0) is 27.2. The van der Waals surface area contributed by atoms with Crippen LogP contribution in [0.15, 0.2) is 11.6 Å². The Kier molecular flexibility index (Phi) is 6.58. The van der Waals surface area contributed by atoms with E-state index in [1.165, 1.54) is 6.08 Å². The van der Waals surface area contributed by atoms with Crippen molar-refractivity contribution in [2.45, 2.75) is 121 Å². The van der Waals surface area contributed by atoms with Crippen molar-refractivity contribution in [3.05, 3.63) is 11.6 Å². The first-order valence-corrected chi connectivity index (χ1v) is 14.5. The van der Waals surface area contributed by atoms with Gasteiger partial charge in [-0.15, -0.1) is 0 Å². The maximum absolute atomic E-state index is 12.4. The minimum Gasteiger partial charge on any atom is -0.458 e. The molecule has 5 fully saturated rings. The summed E-state index contributed by atoms with van der Waals surface area (Å²) in [5.41, 5.74) is -0.688. The Labute approximate surface area is 224 Å². The number of ether oxygens (including phenoxy) is 3. The minimum absolute atomic E-state index is 0.0168. The summed E-state index contributed by atoms with van der Waals surface area (Å²) >= 11 is 0. The van der Waals surface area contributed by atoms with Gasteiger partial charge in [0, 0.05) is 23.8 Å². The number of hydrogen-bond donors (Lipinski definition) is 5. The van der Waals surface area contributed by atoms with E-state index in [1.54, 1.807) is 6.92 Å². The van der Waals surface area contributed by atoms with E-state index in [9.17, 15) is 30.3 Å². The Hall–Kier alpha value is -1.07. The van der Waals surface area contributed by atoms with Crippen molar-refractivity contribution in [2.24, 2.45) is 34.5 Å². The van der Waals surface area contributed by atoms with Crippen molar-refractivity contribution in [3.63, 3.8) is 0 Å². The van der Waals surface area contributed by atoms with E-state index in [0.717, 1.165) is 50.5 Å². The molecule has 9 nitrogen and oxygen atoms in total. The van der Waals surface area contributed by atoms with Gasteiger partial charge < -0.3 is 39.7 Å². The molecule has 9 heteroatoms. The number of aliphatic hydroxyl groups is 5. The standard InChI is InChI=1S/C29H44O9/c1-14-23(32)24(33)25(26(34)37-14)38-17-6-8-27(2)16(11-17)4-5-19-18(27)7-9-28(3)22(15-10-21(31)36-13-15)20(30)12-29(19,28)35/h10,14,16-20,22-26,30,32-35H,4-9,11-13H2,1-3H3/t14?,16?,17?,18?,19?,20?,22-,23?,24?,25?,26?,27?,28?,29?/m0/s1. The second kappa shape index (κ2) is 9.23. The van der Waals surface area contributed by atoms with E-state index in [4.69, 9.17) is 14.2 Å². The molecule has 0 aromatic heterocycles. The first-order valence-electron chi connectivity index (χ1n) is 14.5. The molecule has 14 atom stereocenters. The number of carbonyl (C=O) groups excluding carboxylic acids is 1. The number of carbonyl (C=O) groups is 1. The van der Waals surface area contributed by atoms with Crippen LogP contribution in [0.2, 0.25) is 0 Å². The molecule has 0 amide bonds. The van der Waals surface area contributed by atoms with Crippen LogP contribution in [0.4, 0.5) is 0 Å². The molecule has 0 aromatic rings. The summed E-state index contributed by atoms with van der Waals surface area (Å²) in [6.07, 6.45) is 1.77. The average Bonchev–Trinajstić information content (AvgIpc) is 3.36. The number of fused-ring (bicyclic) bond motifs is 5. The van der Waals surface area contributed by atoms with Crippen LogP contribution in [0, 0.1) is 34.5 Å². The minimum atomic E-state index is -1.28. The fourth-order valence-electron chi connectivity index (χ4n) is 9.96. The van der Waals surface area contributed by atoms with Crippen LogP contribution in [0.3, 0.4) is 0 Å². The second-order valence-electron chi connectivity index (χ2n) is 13.7. The van der Waals surface area contributed by atoms with E-state index in [0.29, 0.717) is 18.3 Å². The number of hydrogen-bond acceptors (Lipinski definition) is 9. The third-order valence-electron chi connectivity index (χ3n) is 12.0. The zero-order valence-electron chi connectivity index (χ0n) is 22.7. The lowest BCUT2D eigenvalue weighted by molar-refractivity contribution is -0.301. The summed E-state index contributed by atoms with van der Waals surface area (Å²) in [4.78, 5) is 11.8. The average molecular weight is 537 g/mol. The predicted molar refractivity (Wildman–Crippen MR) is 134 cm³/mol. The van der Waals surface area contributed by atoms with Crippen LogP contribution >= 0.6 is 0 Å². The molecule has 0 radical (unpaired) electrons. The summed E-state index contributed by atoms with van der Waals surface area (Å²) in [5.74, 6) is 0.131. The number of cyclic esters (lactones) is 1. The van der Waals surface area contributed by atoms with Gasteiger partial charge >= 0.3 is 5.97 Å². The Morgan fingerprint density at radius 3 is 2.47 bits per heavy atom. The van der Waals surface area contributed by atoms with E-state index in [1.807, 2.05) is 0 Å². The topological polar surface area (TPSA) is 146 Å². The molecule has 2 aliphatic heterocycles. The molecule has 0 spiro atoms. The van der Waals surface area contributed by atoms with Crippen molar-refractivity contribution in [3.8, 4) is 0 Å². The highest BCUT2D eigenvalue weighted by molar-refractivity contribution is 5.85. The van der Waals surface area contributed by atoms with Crippen molar-refractivity contribution in [1.82, 2.24) is 0 Å². The Balaban J connectivity index is 1.19. The van der Waals surface area contributed by atoms with Gasteiger partial charge in [0.1, 0.15) is 24.9 Å². The molecule has 214 valence electrons. The van der Waals surface area contributed by atoms with Gasteiger partial charge in [0.25, 0.3) is 0 Å². The van der Waals surface area contributed by atoms with Gasteiger partial charge in [-0.05, 0) is 80.6 Å². The SMILES string of the molecule is CC1OC(O)C(OC2CCC3(C)C(CCC4C3CCC3(C)[C@@H](C5=CC(=O)OC5)C(O)CC43O)C2)C(O)C1O. The van der Waals surface area contributed by atoms with Gasteiger partial charge in [-0.25, -0.2) is 4.79 Å². The quantitative estimate of drug-likeness (QED) is 0.338. The fourth-order valence-corrected chi connectivity index (χ4v) is 9.96. The summed E-state index contributed by atoms with van der Waals surface area (Å²) in [5, 5.41) is 54.7. The zero-order valence-corrected chi connectivity index (χ0v) is 22.7. The lowest BCUT2D eigenvalue weighted by Crippen LogP contribution is -2.63. The molecule has 5 N–H and O–H groups in total. The highest BCUT2D eigenvalue weighted by Crippen LogP contribution is 2.70. The van der Waals surface area contributed by atoms with Gasteiger partial charge in [0.15, 0.2) is 6.29 Å². The fraction of sp³-hybridized carbons (Fsp3) is 0.897. The number of rotatable bonds is 3. The summed E-state index contributed by atoms with van der Waals surface area (Å²) < 4.78 is 16.8. The van der Waals surface area contributed by atoms with E-state index in [-0.39, 0.29) is 35.9 Å². The van der Waals surface area contributed by atoms with Crippen molar-refractivity contribution < 1.29 is 44.5 Å². The first kappa shape index (κ1) is 27.1. The molecule has 1 saturated heterocycles. The molecular weight excluding hydrogens is 492 g/mol. The largest absolute Gasteiger partial charge is 0.458 e. The third kappa shape index (κ3) is 3.80. The predicted octanol–water partition coefficient (Wildman–Crippen LogP) is 1.43. The molecule has 6 aliphatic rings. The number of esters is 1. The Morgan fingerprint density at radius 2 is 1.76 bits per heavy atom. The molecule has 4 aliphatic carbocycles. The highest BCUT2D eigenvalue weighted by Gasteiger charge is 2.70. The maximum Gasteiger partial charge on any atom is 0.331 e.